The maximum Gasteiger partial charge on any atom is 1.00 e. The van der Waals surface area contributed by atoms with Crippen LogP contribution in [0.25, 0.3) is 0 Å². The number of nitrogens with one attached hydrogen (secondary N) is 1. The van der Waals surface area contributed by atoms with Crippen molar-refractivity contribution in [3.05, 3.63) is 24.4 Å². The maximum absolute atomic E-state index is 11.2. The van der Waals surface area contributed by atoms with E-state index in [-0.39, 0.29) is 51.4 Å². The number of dihydropyridines is 1. The Morgan fingerprint density at radius 3 is 2.38 bits per heavy atom. The van der Waals surface area contributed by atoms with Crippen LogP contribution in [0.1, 0.15) is 6.92 Å². The van der Waals surface area contributed by atoms with Crippen LogP contribution >= 0.6 is 0 Å². The number of amides is 1. The Bertz CT molecular complexity index is 431. The minimum absolute atomic E-state index is 0. The molecule has 0 aromatic heterocycles. The van der Waals surface area contributed by atoms with Gasteiger partial charge in [0.25, 0.3) is 0 Å². The zero-order valence-corrected chi connectivity index (χ0v) is 12.9. The molecule has 0 spiro atoms. The van der Waals surface area contributed by atoms with Crippen LogP contribution in [0.3, 0.4) is 0 Å². The van der Waals surface area contributed by atoms with Gasteiger partial charge < -0.3 is 15.6 Å². The normalized spacial score (nSPS) is 25.4. The number of rotatable bonds is 3. The Morgan fingerprint density at radius 2 is 2.06 bits per heavy atom. The van der Waals surface area contributed by atoms with E-state index in [2.05, 4.69) is 5.32 Å². The molecule has 1 amide bonds. The quantitative estimate of drug-likeness (QED) is 0.399. The average Bonchev–Trinajstić information content (AvgIpc) is 2.16. The van der Waals surface area contributed by atoms with Crippen LogP contribution in [0.5, 0.6) is 0 Å². The molecule has 0 saturated carbocycles. The van der Waals surface area contributed by atoms with Crippen molar-refractivity contribution >= 4 is 16.0 Å². The molecule has 0 aromatic rings. The van der Waals surface area contributed by atoms with Gasteiger partial charge >= 0.3 is 51.4 Å². The van der Waals surface area contributed by atoms with E-state index in [9.17, 15) is 17.8 Å². The van der Waals surface area contributed by atoms with Gasteiger partial charge in [0.1, 0.15) is 10.1 Å². The zero-order valence-electron chi connectivity index (χ0n) is 9.01. The van der Waals surface area contributed by atoms with E-state index in [1.165, 1.54) is 18.4 Å². The number of allylic oxidation sites excluding steroid dienone is 2. The summed E-state index contributed by atoms with van der Waals surface area (Å²) in [7, 11) is -4.60. The van der Waals surface area contributed by atoms with Crippen molar-refractivity contribution in [2.75, 3.05) is 0 Å². The summed E-state index contributed by atoms with van der Waals surface area (Å²) in [6.45, 7) is 1.14. The first-order valence-corrected chi connectivity index (χ1v) is 5.64. The van der Waals surface area contributed by atoms with Gasteiger partial charge in [-0.05, 0) is 25.3 Å². The Morgan fingerprint density at radius 1 is 1.50 bits per heavy atom. The second-order valence-electron chi connectivity index (χ2n) is 3.23. The molecule has 1 rings (SSSR count). The minimum atomic E-state index is -4.60. The smallest absolute Gasteiger partial charge is 0.748 e. The van der Waals surface area contributed by atoms with Gasteiger partial charge in [-0.2, -0.15) is 0 Å². The molecule has 0 aromatic carbocycles. The number of carbonyl (C=O) groups excluding carboxylic acids is 1. The summed E-state index contributed by atoms with van der Waals surface area (Å²) in [6, 6.07) is 0. The van der Waals surface area contributed by atoms with E-state index in [1.807, 2.05) is 0 Å². The van der Waals surface area contributed by atoms with E-state index in [1.54, 1.807) is 6.08 Å². The topological polar surface area (TPSA) is 112 Å². The fourth-order valence-electron chi connectivity index (χ4n) is 1.33. The van der Waals surface area contributed by atoms with E-state index in [0.717, 1.165) is 6.92 Å². The van der Waals surface area contributed by atoms with Crippen LogP contribution in [0, 0.1) is 0 Å². The van der Waals surface area contributed by atoms with E-state index in [4.69, 9.17) is 5.73 Å². The zero-order chi connectivity index (χ0) is 11.7. The van der Waals surface area contributed by atoms with Gasteiger partial charge in [0.2, 0.25) is 5.91 Å². The molecule has 2 atom stereocenters. The first-order chi connectivity index (χ1) is 6.81. The Hall–Kier alpha value is 0.296. The summed E-state index contributed by atoms with van der Waals surface area (Å²) in [6.07, 6.45) is 5.66. The summed E-state index contributed by atoms with van der Waals surface area (Å²) < 4.78 is 32.6. The molecule has 0 saturated heterocycles. The SMILES string of the molecule is CC(C1(C(N)=O)C=CC=CN1)S(=O)(=O)[O-].[K+]. The Labute approximate surface area is 137 Å². The van der Waals surface area contributed by atoms with Crippen molar-refractivity contribution in [1.82, 2.24) is 5.32 Å². The molecule has 16 heavy (non-hydrogen) atoms. The van der Waals surface area contributed by atoms with Gasteiger partial charge in [-0.15, -0.1) is 0 Å². The third-order valence-corrected chi connectivity index (χ3v) is 3.61. The van der Waals surface area contributed by atoms with Gasteiger partial charge in [0.15, 0.2) is 5.54 Å². The van der Waals surface area contributed by atoms with E-state index in [0.29, 0.717) is 0 Å². The summed E-state index contributed by atoms with van der Waals surface area (Å²) >= 11 is 0. The predicted octanol–water partition coefficient (Wildman–Crippen LogP) is -4.18. The van der Waals surface area contributed by atoms with Crippen molar-refractivity contribution < 1.29 is 69.1 Å². The van der Waals surface area contributed by atoms with Crippen molar-refractivity contribution in [3.8, 4) is 0 Å². The molecule has 0 bridgehead atoms. The monoisotopic (exact) mass is 270 g/mol. The largest absolute Gasteiger partial charge is 1.00 e. The molecular formula is C8H11KN2O4S. The fraction of sp³-hybridized carbons (Fsp3) is 0.375. The van der Waals surface area contributed by atoms with Crippen molar-refractivity contribution in [2.45, 2.75) is 17.7 Å². The van der Waals surface area contributed by atoms with Gasteiger partial charge in [-0.3, -0.25) is 4.79 Å². The van der Waals surface area contributed by atoms with E-state index < -0.39 is 26.8 Å². The number of primary amides is 1. The fourth-order valence-corrected chi connectivity index (χ4v) is 2.05. The standard InChI is InChI=1S/C8H12N2O4S.K/c1-6(15(12,13)14)8(7(9)11)4-2-3-5-10-8;/h2-6,10H,1H3,(H2,9,11)(H,12,13,14);/q;+1/p-1. The number of carbonyl (C=O) groups is 1. The molecule has 1 aliphatic rings. The summed E-state index contributed by atoms with van der Waals surface area (Å²) in [5.74, 6) is -0.907. The summed E-state index contributed by atoms with van der Waals surface area (Å²) in [5, 5.41) is 1.05. The van der Waals surface area contributed by atoms with Gasteiger partial charge in [0.05, 0.1) is 5.25 Å². The van der Waals surface area contributed by atoms with Crippen LogP contribution in [0.4, 0.5) is 0 Å². The molecule has 3 N–H and O–H groups in total. The molecule has 8 heteroatoms. The van der Waals surface area contributed by atoms with Crippen molar-refractivity contribution in [1.29, 1.82) is 0 Å². The first kappa shape index (κ1) is 16.3. The number of nitrogens with two attached hydrogens (primary N) is 1. The maximum atomic E-state index is 11.2. The molecule has 6 nitrogen and oxygen atoms in total. The minimum Gasteiger partial charge on any atom is -0.748 e. The summed E-state index contributed by atoms with van der Waals surface area (Å²) in [4.78, 5) is 11.2. The van der Waals surface area contributed by atoms with Gasteiger partial charge in [-0.25, -0.2) is 8.42 Å². The van der Waals surface area contributed by atoms with Gasteiger partial charge in [0, 0.05) is 0 Å². The molecule has 0 radical (unpaired) electrons. The summed E-state index contributed by atoms with van der Waals surface area (Å²) in [5.41, 5.74) is 3.45. The second-order valence-corrected chi connectivity index (χ2v) is 4.92. The van der Waals surface area contributed by atoms with Crippen LogP contribution in [0.2, 0.25) is 0 Å². The third kappa shape index (κ3) is 3.16. The molecule has 2 unspecified atom stereocenters. The second kappa shape index (κ2) is 5.76. The van der Waals surface area contributed by atoms with Crippen molar-refractivity contribution in [2.24, 2.45) is 5.73 Å². The van der Waals surface area contributed by atoms with Crippen LogP contribution in [-0.2, 0) is 14.9 Å². The molecular weight excluding hydrogens is 259 g/mol. The van der Waals surface area contributed by atoms with Crippen LogP contribution in [-0.4, -0.2) is 29.7 Å². The first-order valence-electron chi connectivity index (χ1n) is 4.17. The molecule has 0 aliphatic carbocycles. The molecule has 1 aliphatic heterocycles. The van der Waals surface area contributed by atoms with Crippen LogP contribution < -0.4 is 62.4 Å². The molecule has 0 fully saturated rings. The Kier molecular flexibility index (Phi) is 5.87. The molecule has 84 valence electrons. The van der Waals surface area contributed by atoms with Gasteiger partial charge in [-0.1, -0.05) is 6.08 Å². The van der Waals surface area contributed by atoms with Crippen LogP contribution in [0.15, 0.2) is 24.4 Å². The van der Waals surface area contributed by atoms with Crippen molar-refractivity contribution in [3.63, 3.8) is 0 Å². The Balaban J connectivity index is 0.00000225. The molecule has 1 heterocycles. The average molecular weight is 270 g/mol. The predicted molar refractivity (Wildman–Crippen MR) is 52.5 cm³/mol. The number of hydrogen-bond acceptors (Lipinski definition) is 5. The third-order valence-electron chi connectivity index (χ3n) is 2.37. The number of hydrogen-bond donors (Lipinski definition) is 2. The van der Waals surface area contributed by atoms with E-state index >= 15 is 0 Å².